The number of piperazine rings is 1. The van der Waals surface area contributed by atoms with Gasteiger partial charge in [-0.3, -0.25) is 10.3 Å². The molecule has 0 spiro atoms. The topological polar surface area (TPSA) is 84.4 Å². The maximum atomic E-state index is 8.04. The van der Waals surface area contributed by atoms with Crippen LogP contribution in [0.4, 0.5) is 5.69 Å². The average Bonchev–Trinajstić information content (AvgIpc) is 3.06. The van der Waals surface area contributed by atoms with Gasteiger partial charge < -0.3 is 9.47 Å². The number of nitrogens with zero attached hydrogens (tertiary/aromatic N) is 5. The van der Waals surface area contributed by atoms with Crippen LogP contribution in [-0.2, 0) is 20.0 Å². The Morgan fingerprint density at radius 2 is 1.96 bits per heavy atom. The van der Waals surface area contributed by atoms with Crippen LogP contribution in [0.15, 0.2) is 35.8 Å². The van der Waals surface area contributed by atoms with Gasteiger partial charge in [0, 0.05) is 57.2 Å². The second-order valence-electron chi connectivity index (χ2n) is 7.67. The lowest BCUT2D eigenvalue weighted by Crippen LogP contribution is -2.46. The van der Waals surface area contributed by atoms with Crippen LogP contribution < -0.4 is 4.90 Å². The van der Waals surface area contributed by atoms with E-state index in [4.69, 9.17) is 10.9 Å². The van der Waals surface area contributed by atoms with Gasteiger partial charge in [-0.2, -0.15) is 0 Å². The standard InChI is InChI=1S/C20H29N7/c1-15(2)10-16-4-5-18(20(21)24-22)19(11-16)27-8-6-26(7-9-27)13-17-12-23-14-25(17)3/h4-5,11-12,14-15,21-22H,6-10,13H2,1-3H3. The highest BCUT2D eigenvalue weighted by molar-refractivity contribution is 6.01. The van der Waals surface area contributed by atoms with Crippen molar-refractivity contribution < 1.29 is 0 Å². The van der Waals surface area contributed by atoms with Gasteiger partial charge in [-0.05, 0) is 30.0 Å². The lowest BCUT2D eigenvalue weighted by atomic mass is 9.99. The molecule has 1 aliphatic heterocycles. The number of anilines is 1. The van der Waals surface area contributed by atoms with E-state index in [-0.39, 0.29) is 5.84 Å². The molecule has 1 aliphatic rings. The first-order valence-electron chi connectivity index (χ1n) is 9.49. The van der Waals surface area contributed by atoms with Gasteiger partial charge in [0.1, 0.15) is 0 Å². The minimum absolute atomic E-state index is 0.0263. The minimum Gasteiger partial charge on any atom is -0.368 e. The van der Waals surface area contributed by atoms with Crippen LogP contribution in [0, 0.1) is 16.9 Å². The van der Waals surface area contributed by atoms with Crippen molar-refractivity contribution in [2.45, 2.75) is 26.8 Å². The van der Waals surface area contributed by atoms with Gasteiger partial charge in [0.15, 0.2) is 5.84 Å². The molecule has 0 aliphatic carbocycles. The molecule has 1 saturated heterocycles. The molecule has 0 radical (unpaired) electrons. The molecule has 0 unspecified atom stereocenters. The Labute approximate surface area is 161 Å². The van der Waals surface area contributed by atoms with Crippen LogP contribution >= 0.6 is 0 Å². The van der Waals surface area contributed by atoms with Gasteiger partial charge in [0.25, 0.3) is 0 Å². The first-order valence-corrected chi connectivity index (χ1v) is 9.49. The van der Waals surface area contributed by atoms with E-state index in [0.717, 1.165) is 50.4 Å². The number of hydrogen-bond donors (Lipinski definition) is 2. The van der Waals surface area contributed by atoms with Crippen molar-refractivity contribution in [3.8, 4) is 0 Å². The Kier molecular flexibility index (Phi) is 6.01. The second-order valence-corrected chi connectivity index (χ2v) is 7.67. The summed E-state index contributed by atoms with van der Waals surface area (Å²) >= 11 is 0. The first kappa shape index (κ1) is 19.2. The number of aryl methyl sites for hydroxylation is 1. The highest BCUT2D eigenvalue weighted by Crippen LogP contribution is 2.26. The summed E-state index contributed by atoms with van der Waals surface area (Å²) < 4.78 is 2.07. The van der Waals surface area contributed by atoms with Gasteiger partial charge in [-0.1, -0.05) is 19.9 Å². The fourth-order valence-corrected chi connectivity index (χ4v) is 3.61. The maximum Gasteiger partial charge on any atom is 0.175 e. The molecule has 27 heavy (non-hydrogen) atoms. The summed E-state index contributed by atoms with van der Waals surface area (Å²) in [6, 6.07) is 6.21. The van der Waals surface area contributed by atoms with Gasteiger partial charge >= 0.3 is 0 Å². The Morgan fingerprint density at radius 1 is 1.22 bits per heavy atom. The molecule has 2 heterocycles. The van der Waals surface area contributed by atoms with Crippen LogP contribution in [0.5, 0.6) is 0 Å². The van der Waals surface area contributed by atoms with Crippen molar-refractivity contribution in [1.29, 1.82) is 10.9 Å². The normalized spacial score (nSPS) is 15.3. The number of aromatic nitrogens is 2. The molecule has 1 fully saturated rings. The third kappa shape index (κ3) is 4.60. The zero-order chi connectivity index (χ0) is 19.4. The number of rotatable bonds is 6. The molecule has 3 rings (SSSR count). The third-order valence-corrected chi connectivity index (χ3v) is 5.09. The maximum absolute atomic E-state index is 8.04. The van der Waals surface area contributed by atoms with Crippen molar-refractivity contribution in [1.82, 2.24) is 14.5 Å². The zero-order valence-electron chi connectivity index (χ0n) is 16.4. The van der Waals surface area contributed by atoms with Gasteiger partial charge in [-0.15, -0.1) is 5.11 Å². The molecular weight excluding hydrogens is 338 g/mol. The van der Waals surface area contributed by atoms with Crippen molar-refractivity contribution >= 4 is 11.5 Å². The largest absolute Gasteiger partial charge is 0.368 e. The fraction of sp³-hybridized carbons (Fsp3) is 0.500. The van der Waals surface area contributed by atoms with E-state index in [9.17, 15) is 0 Å². The summed E-state index contributed by atoms with van der Waals surface area (Å²) in [6.45, 7) is 9.07. The predicted molar refractivity (Wildman–Crippen MR) is 108 cm³/mol. The quantitative estimate of drug-likeness (QED) is 0.467. The van der Waals surface area contributed by atoms with Gasteiger partial charge in [0.2, 0.25) is 0 Å². The van der Waals surface area contributed by atoms with E-state index >= 15 is 0 Å². The van der Waals surface area contributed by atoms with Crippen LogP contribution in [-0.4, -0.2) is 46.5 Å². The molecule has 1 aromatic carbocycles. The summed E-state index contributed by atoms with van der Waals surface area (Å²) in [7, 11) is 2.03. The average molecular weight is 368 g/mol. The van der Waals surface area contributed by atoms with Crippen molar-refractivity contribution in [2.24, 2.45) is 18.1 Å². The highest BCUT2D eigenvalue weighted by Gasteiger charge is 2.21. The summed E-state index contributed by atoms with van der Waals surface area (Å²) in [5, 5.41) is 11.4. The monoisotopic (exact) mass is 367 g/mol. The van der Waals surface area contributed by atoms with E-state index in [0.29, 0.717) is 5.92 Å². The fourth-order valence-electron chi connectivity index (χ4n) is 3.61. The summed E-state index contributed by atoms with van der Waals surface area (Å²) in [5.74, 6) is 0.609. The Morgan fingerprint density at radius 3 is 2.56 bits per heavy atom. The summed E-state index contributed by atoms with van der Waals surface area (Å²) in [6.07, 6.45) is 4.78. The smallest absolute Gasteiger partial charge is 0.175 e. The van der Waals surface area contributed by atoms with E-state index in [1.807, 2.05) is 25.6 Å². The molecule has 0 atom stereocenters. The van der Waals surface area contributed by atoms with Crippen LogP contribution in [0.2, 0.25) is 0 Å². The number of amidine groups is 1. The highest BCUT2D eigenvalue weighted by atomic mass is 15.3. The summed E-state index contributed by atoms with van der Waals surface area (Å²) in [5.41, 5.74) is 11.5. The summed E-state index contributed by atoms with van der Waals surface area (Å²) in [4.78, 5) is 8.97. The molecular formula is C20H29N7. The number of benzene rings is 1. The van der Waals surface area contributed by atoms with Crippen molar-refractivity contribution in [3.05, 3.63) is 47.5 Å². The van der Waals surface area contributed by atoms with Crippen LogP contribution in [0.1, 0.15) is 30.7 Å². The lowest BCUT2D eigenvalue weighted by Gasteiger charge is -2.37. The second kappa shape index (κ2) is 8.43. The molecule has 2 N–H and O–H groups in total. The number of hydrogen-bond acceptors (Lipinski definition) is 5. The Balaban J connectivity index is 1.74. The van der Waals surface area contributed by atoms with E-state index in [1.54, 1.807) is 0 Å². The molecule has 0 amide bonds. The Bertz CT molecular complexity index is 800. The molecule has 7 nitrogen and oxygen atoms in total. The molecule has 7 heteroatoms. The lowest BCUT2D eigenvalue weighted by molar-refractivity contribution is 0.245. The van der Waals surface area contributed by atoms with Gasteiger partial charge in [-0.25, -0.2) is 10.5 Å². The van der Waals surface area contributed by atoms with Gasteiger partial charge in [0.05, 0.1) is 12.0 Å². The Hall–Kier alpha value is -2.54. The zero-order valence-corrected chi connectivity index (χ0v) is 16.4. The van der Waals surface area contributed by atoms with Crippen molar-refractivity contribution in [2.75, 3.05) is 31.1 Å². The van der Waals surface area contributed by atoms with E-state index in [2.05, 4.69) is 50.4 Å². The van der Waals surface area contributed by atoms with E-state index < -0.39 is 0 Å². The molecule has 0 bridgehead atoms. The molecule has 0 saturated carbocycles. The van der Waals surface area contributed by atoms with E-state index in [1.165, 1.54) is 11.3 Å². The van der Waals surface area contributed by atoms with Crippen molar-refractivity contribution in [3.63, 3.8) is 0 Å². The first-order chi connectivity index (χ1) is 13.0. The number of imidazole rings is 1. The number of nitrogens with one attached hydrogen (secondary N) is 2. The third-order valence-electron chi connectivity index (χ3n) is 5.09. The molecule has 2 aromatic rings. The SMILES string of the molecule is CC(C)Cc1ccc(C(=N)N=N)c(N2CCN(Cc3cncn3C)CC2)c1. The molecule has 1 aromatic heterocycles. The van der Waals surface area contributed by atoms with Crippen LogP contribution in [0.3, 0.4) is 0 Å². The predicted octanol–water partition coefficient (Wildman–Crippen LogP) is 3.30. The molecule has 144 valence electrons. The minimum atomic E-state index is 0.0263. The van der Waals surface area contributed by atoms with Crippen LogP contribution in [0.25, 0.3) is 0 Å².